The predicted molar refractivity (Wildman–Crippen MR) is 99.9 cm³/mol. The van der Waals surface area contributed by atoms with Gasteiger partial charge in [-0.3, -0.25) is 0 Å². The average molecular weight is 373 g/mol. The van der Waals surface area contributed by atoms with E-state index in [2.05, 4.69) is 0 Å². The molecule has 0 atom stereocenters. The van der Waals surface area contributed by atoms with E-state index in [0.29, 0.717) is 16.5 Å². The second-order valence-corrected chi connectivity index (χ2v) is 6.05. The van der Waals surface area contributed by atoms with Crippen LogP contribution in [0.25, 0.3) is 11.1 Å². The molecule has 5 heteroatoms. The van der Waals surface area contributed by atoms with E-state index >= 15 is 0 Å². The van der Waals surface area contributed by atoms with Crippen LogP contribution in [-0.4, -0.2) is 13.1 Å². The topological polar surface area (TPSA) is 35.5 Å². The molecule has 0 fully saturated rings. The smallest absolute Gasteiger partial charge is 0.345 e. The number of halogens is 2. The van der Waals surface area contributed by atoms with Crippen molar-refractivity contribution in [1.29, 1.82) is 0 Å². The van der Waals surface area contributed by atoms with E-state index < -0.39 is 5.97 Å². The third-order valence-electron chi connectivity index (χ3n) is 3.64. The number of esters is 1. The van der Waals surface area contributed by atoms with Crippen molar-refractivity contribution in [2.45, 2.75) is 0 Å². The van der Waals surface area contributed by atoms with E-state index in [1.165, 1.54) is 6.07 Å². The van der Waals surface area contributed by atoms with Gasteiger partial charge >= 0.3 is 5.97 Å². The Hall–Kier alpha value is -2.49. The monoisotopic (exact) mass is 372 g/mol. The van der Waals surface area contributed by atoms with Crippen LogP contribution in [0.4, 0.5) is 0 Å². The van der Waals surface area contributed by atoms with Crippen molar-refractivity contribution in [3.8, 4) is 22.6 Å². The van der Waals surface area contributed by atoms with Crippen molar-refractivity contribution in [2.75, 3.05) is 7.11 Å². The van der Waals surface area contributed by atoms with E-state index in [4.69, 9.17) is 32.7 Å². The van der Waals surface area contributed by atoms with Crippen LogP contribution in [0.2, 0.25) is 10.0 Å². The van der Waals surface area contributed by atoms with E-state index in [0.717, 1.165) is 11.1 Å². The summed E-state index contributed by atoms with van der Waals surface area (Å²) in [4.78, 5) is 12.5. The Morgan fingerprint density at radius 1 is 0.840 bits per heavy atom. The molecule has 0 aromatic heterocycles. The first-order chi connectivity index (χ1) is 12.1. The van der Waals surface area contributed by atoms with Crippen molar-refractivity contribution in [1.82, 2.24) is 0 Å². The average Bonchev–Trinajstić information content (AvgIpc) is 2.62. The molecule has 0 amide bonds. The summed E-state index contributed by atoms with van der Waals surface area (Å²) >= 11 is 12.0. The van der Waals surface area contributed by atoms with Gasteiger partial charge in [0.15, 0.2) is 0 Å². The van der Waals surface area contributed by atoms with Gasteiger partial charge < -0.3 is 9.47 Å². The molecule has 0 N–H and O–H groups in total. The summed E-state index contributed by atoms with van der Waals surface area (Å²) in [5.74, 6) is 0.558. The lowest BCUT2D eigenvalue weighted by molar-refractivity contribution is 0.0736. The van der Waals surface area contributed by atoms with Gasteiger partial charge in [0, 0.05) is 16.1 Å². The molecule has 0 radical (unpaired) electrons. The number of rotatable bonds is 4. The fourth-order valence-corrected chi connectivity index (χ4v) is 2.94. The number of hydrogen-bond acceptors (Lipinski definition) is 3. The fraction of sp³-hybridized carbons (Fsp3) is 0.0500. The number of carbonyl (C=O) groups excluding carboxylic acids is 1. The molecule has 0 heterocycles. The molecule has 0 aliphatic heterocycles. The van der Waals surface area contributed by atoms with Gasteiger partial charge in [-0.05, 0) is 30.3 Å². The highest BCUT2D eigenvalue weighted by Gasteiger charge is 2.17. The standard InChI is InChI=1S/C20H14Cl2O3/c1-24-18-8-4-2-6-14(18)15-7-3-5-9-19(15)25-20(23)16-11-10-13(21)12-17(16)22/h2-12H,1H3. The van der Waals surface area contributed by atoms with Gasteiger partial charge in [-0.1, -0.05) is 59.6 Å². The van der Waals surface area contributed by atoms with Crippen LogP contribution < -0.4 is 9.47 Å². The minimum Gasteiger partial charge on any atom is -0.496 e. The van der Waals surface area contributed by atoms with Crippen LogP contribution in [0.1, 0.15) is 10.4 Å². The van der Waals surface area contributed by atoms with Crippen LogP contribution in [0.3, 0.4) is 0 Å². The Morgan fingerprint density at radius 2 is 1.44 bits per heavy atom. The summed E-state index contributed by atoms with van der Waals surface area (Å²) in [6.07, 6.45) is 0. The van der Waals surface area contributed by atoms with Crippen molar-refractivity contribution < 1.29 is 14.3 Å². The third-order valence-corrected chi connectivity index (χ3v) is 4.19. The molecule has 0 aliphatic rings. The van der Waals surface area contributed by atoms with Crippen LogP contribution in [0.15, 0.2) is 66.7 Å². The number of para-hydroxylation sites is 2. The fourth-order valence-electron chi connectivity index (χ4n) is 2.46. The molecule has 3 aromatic carbocycles. The van der Waals surface area contributed by atoms with Gasteiger partial charge in [-0.25, -0.2) is 4.79 Å². The summed E-state index contributed by atoms with van der Waals surface area (Å²) in [6, 6.07) is 19.4. The number of carbonyl (C=O) groups is 1. The molecule has 0 unspecified atom stereocenters. The minimum absolute atomic E-state index is 0.243. The maximum absolute atomic E-state index is 12.5. The first-order valence-corrected chi connectivity index (χ1v) is 8.25. The zero-order chi connectivity index (χ0) is 17.8. The van der Waals surface area contributed by atoms with Gasteiger partial charge in [0.05, 0.1) is 17.7 Å². The molecule has 0 saturated carbocycles. The van der Waals surface area contributed by atoms with Crippen LogP contribution in [-0.2, 0) is 0 Å². The largest absolute Gasteiger partial charge is 0.496 e. The Labute approximate surface area is 155 Å². The molecule has 0 saturated heterocycles. The van der Waals surface area contributed by atoms with Gasteiger partial charge in [0.25, 0.3) is 0 Å². The van der Waals surface area contributed by atoms with Gasteiger partial charge in [0.2, 0.25) is 0 Å². The zero-order valence-corrected chi connectivity index (χ0v) is 14.8. The first-order valence-electron chi connectivity index (χ1n) is 7.50. The number of benzene rings is 3. The van der Waals surface area contributed by atoms with Crippen molar-refractivity contribution in [3.05, 3.63) is 82.3 Å². The highest BCUT2D eigenvalue weighted by atomic mass is 35.5. The second-order valence-electron chi connectivity index (χ2n) is 5.21. The maximum Gasteiger partial charge on any atom is 0.345 e. The SMILES string of the molecule is COc1ccccc1-c1ccccc1OC(=O)c1ccc(Cl)cc1Cl. The zero-order valence-electron chi connectivity index (χ0n) is 13.3. The summed E-state index contributed by atoms with van der Waals surface area (Å²) in [6.45, 7) is 0. The summed E-state index contributed by atoms with van der Waals surface area (Å²) in [7, 11) is 1.60. The molecule has 126 valence electrons. The number of ether oxygens (including phenoxy) is 2. The molecule has 3 aromatic rings. The molecule has 0 aliphatic carbocycles. The van der Waals surface area contributed by atoms with Gasteiger partial charge in [0.1, 0.15) is 11.5 Å². The summed E-state index contributed by atoms with van der Waals surface area (Å²) in [5, 5.41) is 0.697. The van der Waals surface area contributed by atoms with Crippen LogP contribution in [0, 0.1) is 0 Å². The Bertz CT molecular complexity index is 922. The number of methoxy groups -OCH3 is 1. The highest BCUT2D eigenvalue weighted by molar-refractivity contribution is 6.36. The summed E-state index contributed by atoms with van der Waals surface area (Å²) < 4.78 is 11.0. The second kappa shape index (κ2) is 7.60. The van der Waals surface area contributed by atoms with Crippen LogP contribution in [0.5, 0.6) is 11.5 Å². The first kappa shape index (κ1) is 17.3. The highest BCUT2D eigenvalue weighted by Crippen LogP contribution is 2.36. The van der Waals surface area contributed by atoms with Gasteiger partial charge in [-0.15, -0.1) is 0 Å². The molecule has 3 nitrogen and oxygen atoms in total. The molecule has 25 heavy (non-hydrogen) atoms. The lowest BCUT2D eigenvalue weighted by Crippen LogP contribution is -2.10. The van der Waals surface area contributed by atoms with Gasteiger partial charge in [-0.2, -0.15) is 0 Å². The minimum atomic E-state index is -0.552. The van der Waals surface area contributed by atoms with E-state index in [1.54, 1.807) is 31.4 Å². The molecular weight excluding hydrogens is 359 g/mol. The quantitative estimate of drug-likeness (QED) is 0.423. The normalized spacial score (nSPS) is 10.4. The van der Waals surface area contributed by atoms with E-state index in [9.17, 15) is 4.79 Å². The molecule has 0 spiro atoms. The molecule has 0 bridgehead atoms. The van der Waals surface area contributed by atoms with Crippen LogP contribution >= 0.6 is 23.2 Å². The third kappa shape index (κ3) is 3.78. The van der Waals surface area contributed by atoms with Crippen molar-refractivity contribution in [3.63, 3.8) is 0 Å². The lowest BCUT2D eigenvalue weighted by atomic mass is 10.0. The lowest BCUT2D eigenvalue weighted by Gasteiger charge is -2.13. The Kier molecular flexibility index (Phi) is 5.27. The van der Waals surface area contributed by atoms with E-state index in [1.807, 2.05) is 36.4 Å². The summed E-state index contributed by atoms with van der Waals surface area (Å²) in [5.41, 5.74) is 1.83. The predicted octanol–water partition coefficient (Wildman–Crippen LogP) is 5.89. The Morgan fingerprint density at radius 3 is 2.08 bits per heavy atom. The van der Waals surface area contributed by atoms with Crippen molar-refractivity contribution >= 4 is 29.2 Å². The Balaban J connectivity index is 1.98. The molecule has 3 rings (SSSR count). The maximum atomic E-state index is 12.5. The molecular formula is C20H14Cl2O3. The number of hydrogen-bond donors (Lipinski definition) is 0. The van der Waals surface area contributed by atoms with Crippen molar-refractivity contribution in [2.24, 2.45) is 0 Å². The van der Waals surface area contributed by atoms with E-state index in [-0.39, 0.29) is 10.6 Å².